The first kappa shape index (κ1) is 12.1. The summed E-state index contributed by atoms with van der Waals surface area (Å²) in [6, 6.07) is 7.83. The van der Waals surface area contributed by atoms with Gasteiger partial charge in [0.15, 0.2) is 6.29 Å². The summed E-state index contributed by atoms with van der Waals surface area (Å²) >= 11 is 5.89. The molecule has 0 aliphatic heterocycles. The van der Waals surface area contributed by atoms with Gasteiger partial charge in [0.2, 0.25) is 0 Å². The van der Waals surface area contributed by atoms with E-state index in [1.807, 2.05) is 12.1 Å². The van der Waals surface area contributed by atoms with Crippen molar-refractivity contribution in [3.63, 3.8) is 0 Å². The molecule has 0 saturated heterocycles. The molecule has 0 unspecified atom stereocenters. The summed E-state index contributed by atoms with van der Waals surface area (Å²) < 4.78 is 0. The topological polar surface area (TPSA) is 30.0 Å². The van der Waals surface area contributed by atoms with E-state index < -0.39 is 0 Å². The van der Waals surface area contributed by atoms with Crippen molar-refractivity contribution < 1.29 is 4.79 Å². The van der Waals surface area contributed by atoms with Gasteiger partial charge in [-0.15, -0.1) is 0 Å². The molecule has 2 nitrogen and oxygen atoms in total. The number of halogens is 1. The number of nitrogens with zero attached hydrogens (tertiary/aromatic N) is 1. The van der Waals surface area contributed by atoms with Crippen molar-refractivity contribution in [2.75, 3.05) is 0 Å². The number of carbonyl (C=O) groups is 1. The molecule has 2 rings (SSSR count). The smallest absolute Gasteiger partial charge is 0.153 e. The predicted molar refractivity (Wildman–Crippen MR) is 70.8 cm³/mol. The number of aromatic nitrogens is 1. The van der Waals surface area contributed by atoms with E-state index in [1.54, 1.807) is 6.07 Å². The number of aldehydes is 1. The standard InChI is InChI=1S/C14H14ClNO/c1-14(2,3)11-4-5-12-9(7-11)6-10(8-17)13(15)16-12/h4-8H,1-3H3. The average Bonchev–Trinajstić information content (AvgIpc) is 2.26. The van der Waals surface area contributed by atoms with Crippen molar-refractivity contribution >= 4 is 28.8 Å². The zero-order valence-electron chi connectivity index (χ0n) is 10.1. The highest BCUT2D eigenvalue weighted by atomic mass is 35.5. The van der Waals surface area contributed by atoms with Crippen molar-refractivity contribution in [3.8, 4) is 0 Å². The fourth-order valence-corrected chi connectivity index (χ4v) is 1.91. The molecule has 1 aromatic carbocycles. The molecule has 0 aliphatic carbocycles. The fourth-order valence-electron chi connectivity index (χ4n) is 1.72. The van der Waals surface area contributed by atoms with E-state index in [2.05, 4.69) is 31.8 Å². The zero-order chi connectivity index (χ0) is 12.6. The second-order valence-corrected chi connectivity index (χ2v) is 5.50. The Morgan fingerprint density at radius 1 is 1.24 bits per heavy atom. The van der Waals surface area contributed by atoms with E-state index >= 15 is 0 Å². The van der Waals surface area contributed by atoms with Crippen molar-refractivity contribution in [2.45, 2.75) is 26.2 Å². The molecule has 1 aromatic heterocycles. The summed E-state index contributed by atoms with van der Waals surface area (Å²) in [4.78, 5) is 15.0. The van der Waals surface area contributed by atoms with Gasteiger partial charge >= 0.3 is 0 Å². The van der Waals surface area contributed by atoms with Crippen LogP contribution in [0.15, 0.2) is 24.3 Å². The molecule has 3 heteroatoms. The number of fused-ring (bicyclic) bond motifs is 1. The molecule has 0 fully saturated rings. The molecule has 17 heavy (non-hydrogen) atoms. The molecule has 0 radical (unpaired) electrons. The summed E-state index contributed by atoms with van der Waals surface area (Å²) in [5, 5.41) is 1.21. The van der Waals surface area contributed by atoms with Gasteiger partial charge in [-0.2, -0.15) is 0 Å². The monoisotopic (exact) mass is 247 g/mol. The summed E-state index contributed by atoms with van der Waals surface area (Å²) in [6.45, 7) is 6.45. The Kier molecular flexibility index (Phi) is 2.92. The van der Waals surface area contributed by atoms with Crippen LogP contribution in [0.25, 0.3) is 10.9 Å². The molecular formula is C14H14ClNO. The van der Waals surface area contributed by atoms with Gasteiger partial charge in [-0.3, -0.25) is 4.79 Å². The normalized spacial score (nSPS) is 11.8. The first-order valence-corrected chi connectivity index (χ1v) is 5.85. The van der Waals surface area contributed by atoms with E-state index in [-0.39, 0.29) is 10.6 Å². The van der Waals surface area contributed by atoms with Crippen LogP contribution in [0.4, 0.5) is 0 Å². The van der Waals surface area contributed by atoms with E-state index in [0.717, 1.165) is 17.2 Å². The molecular weight excluding hydrogens is 234 g/mol. The Balaban J connectivity index is 2.69. The lowest BCUT2D eigenvalue weighted by Gasteiger charge is -2.19. The van der Waals surface area contributed by atoms with E-state index in [0.29, 0.717) is 5.56 Å². The van der Waals surface area contributed by atoms with Crippen molar-refractivity contribution in [3.05, 3.63) is 40.5 Å². The summed E-state index contributed by atoms with van der Waals surface area (Å²) in [6.07, 6.45) is 0.735. The Bertz CT molecular complexity index is 585. The van der Waals surface area contributed by atoms with Crippen LogP contribution in [-0.2, 0) is 5.41 Å². The summed E-state index contributed by atoms with van der Waals surface area (Å²) in [5.74, 6) is 0. The number of hydrogen-bond donors (Lipinski definition) is 0. The molecule has 0 atom stereocenters. The molecule has 0 saturated carbocycles. The number of rotatable bonds is 1. The van der Waals surface area contributed by atoms with Crippen molar-refractivity contribution in [2.24, 2.45) is 0 Å². The lowest BCUT2D eigenvalue weighted by Crippen LogP contribution is -2.10. The van der Waals surface area contributed by atoms with Crippen LogP contribution in [0.2, 0.25) is 5.15 Å². The van der Waals surface area contributed by atoms with Gasteiger partial charge in [0, 0.05) is 5.39 Å². The highest BCUT2D eigenvalue weighted by Gasteiger charge is 2.14. The largest absolute Gasteiger partial charge is 0.298 e. The molecule has 0 aliphatic rings. The Hall–Kier alpha value is -1.41. The van der Waals surface area contributed by atoms with Crippen LogP contribution in [0, 0.1) is 0 Å². The van der Waals surface area contributed by atoms with Crippen LogP contribution >= 0.6 is 11.6 Å². The number of carbonyl (C=O) groups excluding carboxylic acids is 1. The Labute approximate surface area is 106 Å². The van der Waals surface area contributed by atoms with Crippen LogP contribution in [0.5, 0.6) is 0 Å². The maximum absolute atomic E-state index is 10.8. The Morgan fingerprint density at radius 3 is 2.53 bits per heavy atom. The zero-order valence-corrected chi connectivity index (χ0v) is 10.9. The molecule has 0 spiro atoms. The predicted octanol–water partition coefficient (Wildman–Crippen LogP) is 4.00. The van der Waals surface area contributed by atoms with E-state index in [4.69, 9.17) is 11.6 Å². The minimum Gasteiger partial charge on any atom is -0.298 e. The molecule has 0 bridgehead atoms. The minimum absolute atomic E-state index is 0.0785. The van der Waals surface area contributed by atoms with Gasteiger partial charge in [-0.1, -0.05) is 38.4 Å². The number of pyridine rings is 1. The van der Waals surface area contributed by atoms with Crippen LogP contribution < -0.4 is 0 Å². The van der Waals surface area contributed by atoms with Gasteiger partial charge in [-0.25, -0.2) is 4.98 Å². The quantitative estimate of drug-likeness (QED) is 0.563. The van der Waals surface area contributed by atoms with E-state index in [9.17, 15) is 4.79 Å². The highest BCUT2D eigenvalue weighted by Crippen LogP contribution is 2.27. The lowest BCUT2D eigenvalue weighted by molar-refractivity contribution is 0.112. The molecule has 88 valence electrons. The second-order valence-electron chi connectivity index (χ2n) is 5.14. The third-order valence-electron chi connectivity index (χ3n) is 2.79. The van der Waals surface area contributed by atoms with Crippen LogP contribution in [0.1, 0.15) is 36.7 Å². The first-order chi connectivity index (χ1) is 7.91. The van der Waals surface area contributed by atoms with Gasteiger partial charge in [-0.05, 0) is 29.2 Å². The second kappa shape index (κ2) is 4.11. The van der Waals surface area contributed by atoms with Crippen LogP contribution in [-0.4, -0.2) is 11.3 Å². The van der Waals surface area contributed by atoms with Crippen LogP contribution in [0.3, 0.4) is 0 Å². The fraction of sp³-hybridized carbons (Fsp3) is 0.286. The first-order valence-electron chi connectivity index (χ1n) is 5.48. The lowest BCUT2D eigenvalue weighted by atomic mass is 9.86. The number of hydrogen-bond acceptors (Lipinski definition) is 2. The maximum atomic E-state index is 10.8. The SMILES string of the molecule is CC(C)(C)c1ccc2nc(Cl)c(C=O)cc2c1. The summed E-state index contributed by atoms with van der Waals surface area (Å²) in [5.41, 5.74) is 2.54. The molecule has 0 N–H and O–H groups in total. The molecule has 1 heterocycles. The van der Waals surface area contributed by atoms with Gasteiger partial charge in [0.05, 0.1) is 11.1 Å². The van der Waals surface area contributed by atoms with Gasteiger partial charge in [0.1, 0.15) is 5.15 Å². The Morgan fingerprint density at radius 2 is 1.94 bits per heavy atom. The third kappa shape index (κ3) is 2.32. The number of benzene rings is 1. The van der Waals surface area contributed by atoms with Gasteiger partial charge < -0.3 is 0 Å². The van der Waals surface area contributed by atoms with Gasteiger partial charge in [0.25, 0.3) is 0 Å². The minimum atomic E-state index is 0.0785. The van der Waals surface area contributed by atoms with Crippen molar-refractivity contribution in [1.29, 1.82) is 0 Å². The average molecular weight is 248 g/mol. The highest BCUT2D eigenvalue weighted by molar-refractivity contribution is 6.32. The summed E-state index contributed by atoms with van der Waals surface area (Å²) in [7, 11) is 0. The van der Waals surface area contributed by atoms with E-state index in [1.165, 1.54) is 5.56 Å². The van der Waals surface area contributed by atoms with Crippen molar-refractivity contribution in [1.82, 2.24) is 4.98 Å². The molecule has 2 aromatic rings. The third-order valence-corrected chi connectivity index (χ3v) is 3.09. The molecule has 0 amide bonds. The maximum Gasteiger partial charge on any atom is 0.153 e.